The number of aliphatic carboxylic acids is 1. The van der Waals surface area contributed by atoms with Crippen LogP contribution in [0.1, 0.15) is 11.1 Å². The van der Waals surface area contributed by atoms with Gasteiger partial charge in [-0.25, -0.2) is 4.42 Å². The second-order valence-corrected chi connectivity index (χ2v) is 6.75. The van der Waals surface area contributed by atoms with Crippen LogP contribution in [0.3, 0.4) is 0 Å². The van der Waals surface area contributed by atoms with Crippen molar-refractivity contribution < 1.29 is 9.90 Å². The van der Waals surface area contributed by atoms with E-state index < -0.39 is 5.97 Å². The van der Waals surface area contributed by atoms with Crippen LogP contribution in [0, 0.1) is 12.3 Å². The number of nitrogens with one attached hydrogen (secondary N) is 1. The van der Waals surface area contributed by atoms with Gasteiger partial charge in [0.25, 0.3) is 0 Å². The van der Waals surface area contributed by atoms with E-state index in [-0.39, 0.29) is 12.5 Å². The zero-order chi connectivity index (χ0) is 20.3. The van der Waals surface area contributed by atoms with Crippen LogP contribution in [0.5, 0.6) is 0 Å². The largest absolute Gasteiger partial charge is 0.480 e. The fourth-order valence-electron chi connectivity index (χ4n) is 3.12. The van der Waals surface area contributed by atoms with Crippen molar-refractivity contribution in [2.45, 2.75) is 13.5 Å². The van der Waals surface area contributed by atoms with E-state index in [4.69, 9.17) is 22.9 Å². The normalized spacial score (nSPS) is 10.6. The van der Waals surface area contributed by atoms with Crippen molar-refractivity contribution in [3.8, 4) is 0 Å². The molecule has 3 aromatic rings. The summed E-state index contributed by atoms with van der Waals surface area (Å²) in [6.07, 6.45) is 3.24. The molecule has 0 saturated carbocycles. The average Bonchev–Trinajstić information content (AvgIpc) is 2.66. The lowest BCUT2D eigenvalue weighted by Crippen LogP contribution is -2.29. The van der Waals surface area contributed by atoms with E-state index in [9.17, 15) is 9.90 Å². The van der Waals surface area contributed by atoms with Crippen molar-refractivity contribution >= 4 is 45.9 Å². The van der Waals surface area contributed by atoms with E-state index in [1.54, 1.807) is 12.4 Å². The van der Waals surface area contributed by atoms with Gasteiger partial charge in [0.15, 0.2) is 0 Å². The number of guanidine groups is 1. The molecule has 3 rings (SSSR count). The van der Waals surface area contributed by atoms with Gasteiger partial charge in [0, 0.05) is 41.0 Å². The van der Waals surface area contributed by atoms with Gasteiger partial charge in [-0.05, 0) is 30.2 Å². The maximum absolute atomic E-state index is 11.4. The molecule has 7 nitrogen and oxygen atoms in total. The standard InChI is InChI=1S/C20H20ClN5O2/c1-13-4-2-3-5-17(13)25(12-19(27)28)11-14-6-7-16-15(8-14)9-24-10-18(16)26(21)20(22)23/h2-10H,11-12H2,1H3,(H3,22,23)(H,27,28). The number of nitrogens with two attached hydrogens (primary N) is 1. The summed E-state index contributed by atoms with van der Waals surface area (Å²) in [5, 5.41) is 18.5. The number of pyridine rings is 1. The monoisotopic (exact) mass is 397 g/mol. The van der Waals surface area contributed by atoms with Crippen molar-refractivity contribution in [2.75, 3.05) is 15.9 Å². The van der Waals surface area contributed by atoms with Crippen molar-refractivity contribution in [3.63, 3.8) is 0 Å². The summed E-state index contributed by atoms with van der Waals surface area (Å²) in [4.78, 5) is 17.4. The van der Waals surface area contributed by atoms with Crippen LogP contribution in [-0.2, 0) is 11.3 Å². The molecule has 8 heteroatoms. The van der Waals surface area contributed by atoms with Gasteiger partial charge in [-0.3, -0.25) is 15.2 Å². The Hall–Kier alpha value is -3.32. The van der Waals surface area contributed by atoms with Gasteiger partial charge in [-0.15, -0.1) is 0 Å². The number of carbonyl (C=O) groups is 1. The Morgan fingerprint density at radius 1 is 1.21 bits per heavy atom. The lowest BCUT2D eigenvalue weighted by molar-refractivity contribution is -0.135. The highest BCUT2D eigenvalue weighted by molar-refractivity contribution is 6.38. The van der Waals surface area contributed by atoms with Crippen LogP contribution >= 0.6 is 11.8 Å². The summed E-state index contributed by atoms with van der Waals surface area (Å²) < 4.78 is 1.04. The number of hydrogen-bond acceptors (Lipinski definition) is 4. The molecule has 1 aromatic heterocycles. The minimum atomic E-state index is -0.896. The number of benzene rings is 2. The minimum Gasteiger partial charge on any atom is -0.480 e. The van der Waals surface area contributed by atoms with Gasteiger partial charge in [0.05, 0.1) is 11.9 Å². The molecule has 0 saturated heterocycles. The second-order valence-electron chi connectivity index (χ2n) is 6.42. The third-order valence-electron chi connectivity index (χ3n) is 4.38. The second kappa shape index (κ2) is 8.14. The van der Waals surface area contributed by atoms with Gasteiger partial charge in [-0.1, -0.05) is 30.3 Å². The van der Waals surface area contributed by atoms with Gasteiger partial charge >= 0.3 is 5.97 Å². The lowest BCUT2D eigenvalue weighted by Gasteiger charge is -2.25. The highest BCUT2D eigenvalue weighted by Crippen LogP contribution is 2.29. The van der Waals surface area contributed by atoms with E-state index >= 15 is 0 Å². The fourth-order valence-corrected chi connectivity index (χ4v) is 3.26. The Labute approximate surface area is 167 Å². The van der Waals surface area contributed by atoms with E-state index in [2.05, 4.69) is 4.98 Å². The number of anilines is 2. The SMILES string of the molecule is Cc1ccccc1N(CC(=O)O)Cc1ccc2c(N(Cl)C(=N)N)cncc2c1. The first-order valence-corrected chi connectivity index (χ1v) is 8.89. The Bertz CT molecular complexity index is 1040. The number of aromatic nitrogens is 1. The molecular weight excluding hydrogens is 378 g/mol. The minimum absolute atomic E-state index is 0.110. The number of hydrogen-bond donors (Lipinski definition) is 3. The average molecular weight is 398 g/mol. The highest BCUT2D eigenvalue weighted by Gasteiger charge is 2.15. The fraction of sp³-hybridized carbons (Fsp3) is 0.150. The Balaban J connectivity index is 1.97. The number of rotatable bonds is 6. The molecule has 0 spiro atoms. The predicted octanol–water partition coefficient (Wildman–Crippen LogP) is 3.49. The van der Waals surface area contributed by atoms with Gasteiger partial charge in [0.2, 0.25) is 5.96 Å². The van der Waals surface area contributed by atoms with Crippen LogP contribution in [-0.4, -0.2) is 28.6 Å². The van der Waals surface area contributed by atoms with Crippen LogP contribution in [0.2, 0.25) is 0 Å². The Morgan fingerprint density at radius 2 is 1.96 bits per heavy atom. The molecular formula is C20H20ClN5O2. The zero-order valence-corrected chi connectivity index (χ0v) is 16.0. The first kappa shape index (κ1) is 19.4. The molecule has 2 aromatic carbocycles. The van der Waals surface area contributed by atoms with Crippen molar-refractivity contribution in [2.24, 2.45) is 5.73 Å². The summed E-state index contributed by atoms with van der Waals surface area (Å²) in [7, 11) is 0. The van der Waals surface area contributed by atoms with Crippen molar-refractivity contribution in [1.29, 1.82) is 5.41 Å². The molecule has 0 atom stereocenters. The maximum Gasteiger partial charge on any atom is 0.323 e. The molecule has 144 valence electrons. The summed E-state index contributed by atoms with van der Waals surface area (Å²) in [6, 6.07) is 13.4. The first-order valence-electron chi connectivity index (χ1n) is 8.55. The number of fused-ring (bicyclic) bond motifs is 1. The summed E-state index contributed by atoms with van der Waals surface area (Å²) in [6.45, 7) is 2.27. The molecule has 4 N–H and O–H groups in total. The molecule has 0 fully saturated rings. The van der Waals surface area contributed by atoms with Gasteiger partial charge < -0.3 is 15.7 Å². The third-order valence-corrected chi connectivity index (χ3v) is 4.75. The van der Waals surface area contributed by atoms with Crippen molar-refractivity contribution in [3.05, 3.63) is 66.0 Å². The lowest BCUT2D eigenvalue weighted by atomic mass is 10.1. The van der Waals surface area contributed by atoms with E-state index in [1.807, 2.05) is 54.3 Å². The molecule has 28 heavy (non-hydrogen) atoms. The number of carboxylic acids is 1. The van der Waals surface area contributed by atoms with Gasteiger partial charge in [-0.2, -0.15) is 0 Å². The number of halogens is 1. The zero-order valence-electron chi connectivity index (χ0n) is 15.3. The predicted molar refractivity (Wildman–Crippen MR) is 112 cm³/mol. The van der Waals surface area contributed by atoms with E-state index in [0.717, 1.165) is 32.0 Å². The number of aryl methyl sites for hydroxylation is 1. The number of para-hydroxylation sites is 1. The Morgan fingerprint density at radius 3 is 2.64 bits per heavy atom. The molecule has 1 heterocycles. The van der Waals surface area contributed by atoms with E-state index in [0.29, 0.717) is 12.2 Å². The maximum atomic E-state index is 11.4. The third kappa shape index (κ3) is 4.15. The van der Waals surface area contributed by atoms with Crippen LogP contribution < -0.4 is 15.1 Å². The Kier molecular flexibility index (Phi) is 5.65. The molecule has 0 bridgehead atoms. The van der Waals surface area contributed by atoms with Crippen LogP contribution in [0.4, 0.5) is 11.4 Å². The van der Waals surface area contributed by atoms with Crippen molar-refractivity contribution in [1.82, 2.24) is 4.98 Å². The molecule has 0 aliphatic carbocycles. The van der Waals surface area contributed by atoms with Gasteiger partial charge in [0.1, 0.15) is 6.54 Å². The molecule has 0 aliphatic rings. The van der Waals surface area contributed by atoms with E-state index in [1.165, 1.54) is 0 Å². The molecule has 0 unspecified atom stereocenters. The summed E-state index contributed by atoms with van der Waals surface area (Å²) >= 11 is 6.07. The van der Waals surface area contributed by atoms with Crippen LogP contribution in [0.15, 0.2) is 54.9 Å². The topological polar surface area (TPSA) is 107 Å². The molecule has 0 radical (unpaired) electrons. The van der Waals surface area contributed by atoms with Crippen LogP contribution in [0.25, 0.3) is 10.8 Å². The quantitative estimate of drug-likeness (QED) is 0.334. The number of carboxylic acid groups (broad SMARTS) is 1. The first-order chi connectivity index (χ1) is 13.4. The number of nitrogens with zero attached hydrogens (tertiary/aromatic N) is 3. The summed E-state index contributed by atoms with van der Waals surface area (Å²) in [5.74, 6) is -1.19. The molecule has 0 aliphatic heterocycles. The highest BCUT2D eigenvalue weighted by atomic mass is 35.5. The molecule has 0 amide bonds. The smallest absolute Gasteiger partial charge is 0.323 e. The summed E-state index contributed by atoms with van der Waals surface area (Å²) in [5.41, 5.74) is 8.79.